The molecule has 0 nitrogen and oxygen atoms in total. The molecule has 0 aliphatic heterocycles. The van der Waals surface area contributed by atoms with E-state index in [1.54, 1.807) is 0 Å². The van der Waals surface area contributed by atoms with Gasteiger partial charge in [0.1, 0.15) is 6.17 Å². The van der Waals surface area contributed by atoms with Gasteiger partial charge in [-0.05, 0) is 38.0 Å². The molecule has 1 aromatic carbocycles. The molecule has 0 heterocycles. The van der Waals surface area contributed by atoms with Gasteiger partial charge in [0.2, 0.25) is 0 Å². The zero-order valence-electron chi connectivity index (χ0n) is 9.95. The second-order valence-corrected chi connectivity index (χ2v) is 4.84. The van der Waals surface area contributed by atoms with Crippen LogP contribution in [0.2, 0.25) is 0 Å². The first-order chi connectivity index (χ1) is 8.13. The Hall–Kier alpha value is 0.529. The molecular weight excluding hydrogens is 398 g/mol. The third-order valence-corrected chi connectivity index (χ3v) is 3.48. The summed E-state index contributed by atoms with van der Waals surface area (Å²) in [5.41, 5.74) is 0.668. The van der Waals surface area contributed by atoms with Crippen LogP contribution in [0.25, 0.3) is 0 Å². The maximum Gasteiger partial charge on any atom is 0.100 e. The van der Waals surface area contributed by atoms with Crippen molar-refractivity contribution in [1.29, 1.82) is 0 Å². The van der Waals surface area contributed by atoms with Gasteiger partial charge in [-0.2, -0.15) is 5.56 Å². The molecule has 1 aliphatic rings. The first-order valence-corrected chi connectivity index (χ1v) is 6.15. The summed E-state index contributed by atoms with van der Waals surface area (Å²) < 4.78 is 38.7. The Morgan fingerprint density at radius 2 is 1.61 bits per heavy atom. The van der Waals surface area contributed by atoms with Crippen LogP contribution in [0.4, 0.5) is 13.2 Å². The number of hydrogen-bond acceptors (Lipinski definition) is 0. The van der Waals surface area contributed by atoms with Crippen LogP contribution in [0.3, 0.4) is 0 Å². The van der Waals surface area contributed by atoms with Gasteiger partial charge in [-0.1, -0.05) is 6.42 Å². The Morgan fingerprint density at radius 1 is 1.06 bits per heavy atom. The molecule has 2 rings (SSSR count). The number of rotatable bonds is 3. The Kier molecular flexibility index (Phi) is 7.33. The molecule has 0 N–H and O–H groups in total. The monoisotopic (exact) mass is 415 g/mol. The van der Waals surface area contributed by atoms with Gasteiger partial charge in [0.05, 0.1) is 0 Å². The summed E-state index contributed by atoms with van der Waals surface area (Å²) in [7, 11) is 0. The first kappa shape index (κ1) is 16.6. The van der Waals surface area contributed by atoms with Gasteiger partial charge >= 0.3 is 0 Å². The van der Waals surface area contributed by atoms with E-state index in [0.717, 1.165) is 19.3 Å². The molecule has 1 saturated carbocycles. The van der Waals surface area contributed by atoms with Crippen molar-refractivity contribution in [3.63, 3.8) is 0 Å². The first-order valence-electron chi connectivity index (χ1n) is 6.15. The van der Waals surface area contributed by atoms with Gasteiger partial charge in [0.15, 0.2) is 0 Å². The molecule has 0 spiro atoms. The second kappa shape index (κ2) is 7.96. The second-order valence-electron chi connectivity index (χ2n) is 4.84. The minimum atomic E-state index is -0.646. The van der Waals surface area contributed by atoms with E-state index in [-0.39, 0.29) is 46.9 Å². The molecule has 0 atom stereocenters. The number of aryl methyl sites for hydroxylation is 1. The van der Waals surface area contributed by atoms with Crippen molar-refractivity contribution < 1.29 is 60.1 Å². The standard InChI is InChI=1S/C14H16F3.Yb/c15-12-5-3-10(4-6-12)1-2-11-7-13(16)9-14(17)8-11;/h7-8,10,12H,1-6H2;/q-1;. The van der Waals surface area contributed by atoms with E-state index >= 15 is 0 Å². The summed E-state index contributed by atoms with van der Waals surface area (Å²) in [5, 5.41) is 0. The van der Waals surface area contributed by atoms with E-state index in [2.05, 4.69) is 0 Å². The number of benzene rings is 1. The van der Waals surface area contributed by atoms with Crippen molar-refractivity contribution >= 4 is 0 Å². The SMILES string of the molecule is Fc1[c-]c(F)cc(CCC2CCC(F)CC2)c1.[Yb]. The smallest absolute Gasteiger partial charge is 0.100 e. The quantitative estimate of drug-likeness (QED) is 0.650. The maximum absolute atomic E-state index is 12.9. The molecule has 1 aliphatic carbocycles. The third-order valence-electron chi connectivity index (χ3n) is 3.48. The van der Waals surface area contributed by atoms with Crippen LogP contribution >= 0.6 is 0 Å². The molecule has 1 fully saturated rings. The fourth-order valence-corrected chi connectivity index (χ4v) is 2.48. The third kappa shape index (κ3) is 5.26. The molecule has 0 radical (unpaired) electrons. The van der Waals surface area contributed by atoms with Crippen molar-refractivity contribution in [3.05, 3.63) is 35.4 Å². The summed E-state index contributed by atoms with van der Waals surface area (Å²) in [6.45, 7) is 0. The zero-order chi connectivity index (χ0) is 12.3. The summed E-state index contributed by atoms with van der Waals surface area (Å²) in [6.07, 6.45) is 3.95. The number of halogens is 3. The average molecular weight is 414 g/mol. The predicted molar refractivity (Wildman–Crippen MR) is 60.4 cm³/mol. The van der Waals surface area contributed by atoms with Crippen LogP contribution in [-0.2, 0) is 6.42 Å². The van der Waals surface area contributed by atoms with Crippen molar-refractivity contribution in [2.24, 2.45) is 5.92 Å². The van der Waals surface area contributed by atoms with Crippen LogP contribution in [0, 0.1) is 70.5 Å². The minimum Gasteiger partial charge on any atom is -0.247 e. The summed E-state index contributed by atoms with van der Waals surface area (Å²) >= 11 is 0. The topological polar surface area (TPSA) is 0 Å². The largest absolute Gasteiger partial charge is 0.247 e. The van der Waals surface area contributed by atoms with Gasteiger partial charge in [0.25, 0.3) is 0 Å². The van der Waals surface area contributed by atoms with Crippen LogP contribution in [0.5, 0.6) is 0 Å². The van der Waals surface area contributed by atoms with Crippen molar-refractivity contribution in [2.45, 2.75) is 44.7 Å². The van der Waals surface area contributed by atoms with Gasteiger partial charge < -0.3 is 0 Å². The fraction of sp³-hybridized carbons (Fsp3) is 0.571. The molecule has 4 heteroatoms. The van der Waals surface area contributed by atoms with Crippen molar-refractivity contribution in [1.82, 2.24) is 0 Å². The van der Waals surface area contributed by atoms with Crippen LogP contribution < -0.4 is 0 Å². The van der Waals surface area contributed by atoms with Crippen LogP contribution in [0.15, 0.2) is 12.1 Å². The van der Waals surface area contributed by atoms with Crippen molar-refractivity contribution in [2.75, 3.05) is 0 Å². The van der Waals surface area contributed by atoms with E-state index in [0.29, 0.717) is 30.7 Å². The molecule has 0 aromatic heterocycles. The van der Waals surface area contributed by atoms with E-state index in [9.17, 15) is 13.2 Å². The molecular formula is C14H16F3Yb-. The van der Waals surface area contributed by atoms with E-state index < -0.39 is 17.8 Å². The molecule has 0 bridgehead atoms. The van der Waals surface area contributed by atoms with Gasteiger partial charge in [0, 0.05) is 58.6 Å². The van der Waals surface area contributed by atoms with Crippen LogP contribution in [0.1, 0.15) is 37.7 Å². The molecule has 0 unspecified atom stereocenters. The summed E-state index contributed by atoms with van der Waals surface area (Å²) in [4.78, 5) is 0. The van der Waals surface area contributed by atoms with Gasteiger partial charge in [-0.15, -0.1) is 18.2 Å². The number of alkyl halides is 1. The van der Waals surface area contributed by atoms with Gasteiger partial charge in [-0.3, -0.25) is 0 Å². The molecule has 0 amide bonds. The molecule has 18 heavy (non-hydrogen) atoms. The van der Waals surface area contributed by atoms with E-state index in [1.807, 2.05) is 6.07 Å². The summed E-state index contributed by atoms with van der Waals surface area (Å²) in [6, 6.07) is 4.62. The zero-order valence-corrected chi connectivity index (χ0v) is 11.7. The Balaban J connectivity index is 0.00000162. The predicted octanol–water partition coefficient (Wildman–Crippen LogP) is 4.23. The van der Waals surface area contributed by atoms with E-state index in [4.69, 9.17) is 0 Å². The average Bonchev–Trinajstić information content (AvgIpc) is 2.27. The summed E-state index contributed by atoms with van der Waals surface area (Å²) in [5.74, 6) is -0.794. The molecule has 0 saturated heterocycles. The normalized spacial score (nSPS) is 23.5. The van der Waals surface area contributed by atoms with Crippen LogP contribution in [-0.4, -0.2) is 6.17 Å². The van der Waals surface area contributed by atoms with Crippen molar-refractivity contribution in [3.8, 4) is 0 Å². The fourth-order valence-electron chi connectivity index (χ4n) is 2.48. The molecule has 1 aromatic rings. The molecule has 108 valence electrons. The Labute approximate surface area is 145 Å². The Bertz CT molecular complexity index is 353. The Morgan fingerprint density at radius 3 is 2.17 bits per heavy atom. The minimum absolute atomic E-state index is 0. The maximum atomic E-state index is 12.9. The van der Waals surface area contributed by atoms with E-state index in [1.165, 1.54) is 12.1 Å². The number of hydrogen-bond donors (Lipinski definition) is 0. The van der Waals surface area contributed by atoms with Gasteiger partial charge in [-0.25, -0.2) is 13.2 Å².